The molecule has 0 saturated heterocycles. The first kappa shape index (κ1) is 31.1. The largest absolute Gasteiger partial charge is 0.386 e. The summed E-state index contributed by atoms with van der Waals surface area (Å²) in [6.45, 7) is 6.78. The fraction of sp³-hybridized carbons (Fsp3) is 0.257. The molecule has 0 bridgehead atoms. The minimum atomic E-state index is -3.93. The minimum absolute atomic E-state index is 0.194. The van der Waals surface area contributed by atoms with Crippen LogP contribution in [0.2, 0.25) is 0 Å². The van der Waals surface area contributed by atoms with Gasteiger partial charge in [0.2, 0.25) is 5.95 Å². The van der Waals surface area contributed by atoms with E-state index in [1.54, 1.807) is 36.5 Å². The molecule has 0 radical (unpaired) electrons. The molecule has 10 nitrogen and oxygen atoms in total. The van der Waals surface area contributed by atoms with Gasteiger partial charge >= 0.3 is 0 Å². The maximum atomic E-state index is 13.9. The molecular formula is C35H40N8O2S. The maximum absolute atomic E-state index is 13.9. The van der Waals surface area contributed by atoms with E-state index in [1.165, 1.54) is 3.97 Å². The van der Waals surface area contributed by atoms with Crippen molar-refractivity contribution in [1.29, 1.82) is 0 Å². The van der Waals surface area contributed by atoms with Gasteiger partial charge in [0.05, 0.1) is 22.0 Å². The summed E-state index contributed by atoms with van der Waals surface area (Å²) < 4.78 is 31.2. The van der Waals surface area contributed by atoms with Crippen LogP contribution in [0.15, 0.2) is 90.1 Å². The Labute approximate surface area is 270 Å². The SMILES string of the molecule is CCN(CCN(C)C)c1ccc(Nc2nc(-c3cn(C)c4ccccc34)c3ccn(S(=O)(=O)c4ccc(C)cc4)c3n2)cc1NC. The Kier molecular flexibility index (Phi) is 8.45. The van der Waals surface area contributed by atoms with Gasteiger partial charge in [-0.15, -0.1) is 0 Å². The van der Waals surface area contributed by atoms with E-state index in [1.807, 2.05) is 51.5 Å². The summed E-state index contributed by atoms with van der Waals surface area (Å²) >= 11 is 0. The number of para-hydroxylation sites is 1. The molecule has 3 heterocycles. The Morgan fingerprint density at radius 2 is 1.67 bits per heavy atom. The van der Waals surface area contributed by atoms with Crippen LogP contribution >= 0.6 is 0 Å². The van der Waals surface area contributed by atoms with Gasteiger partial charge in [0, 0.05) is 73.7 Å². The van der Waals surface area contributed by atoms with E-state index in [4.69, 9.17) is 9.97 Å². The number of fused-ring (bicyclic) bond motifs is 2. The molecule has 3 aromatic heterocycles. The Balaban J connectivity index is 1.49. The maximum Gasteiger partial charge on any atom is 0.269 e. The number of anilines is 4. The van der Waals surface area contributed by atoms with Crippen LogP contribution in [-0.4, -0.2) is 72.6 Å². The van der Waals surface area contributed by atoms with Crippen LogP contribution in [0.4, 0.5) is 23.0 Å². The Morgan fingerprint density at radius 1 is 0.913 bits per heavy atom. The number of likely N-dealkylation sites (N-methyl/N-ethyl adjacent to an activating group) is 2. The van der Waals surface area contributed by atoms with Crippen LogP contribution in [0.1, 0.15) is 12.5 Å². The monoisotopic (exact) mass is 636 g/mol. The van der Waals surface area contributed by atoms with Crippen molar-refractivity contribution < 1.29 is 8.42 Å². The Morgan fingerprint density at radius 3 is 2.39 bits per heavy atom. The fourth-order valence-electron chi connectivity index (χ4n) is 5.79. The van der Waals surface area contributed by atoms with Crippen molar-refractivity contribution in [1.82, 2.24) is 23.4 Å². The average molecular weight is 637 g/mol. The van der Waals surface area contributed by atoms with Crippen molar-refractivity contribution in [3.8, 4) is 11.3 Å². The third-order valence-corrected chi connectivity index (χ3v) is 9.98. The molecule has 0 amide bonds. The highest BCUT2D eigenvalue weighted by Crippen LogP contribution is 2.36. The molecule has 46 heavy (non-hydrogen) atoms. The minimum Gasteiger partial charge on any atom is -0.386 e. The molecule has 0 atom stereocenters. The molecule has 0 aliphatic heterocycles. The first-order valence-corrected chi connectivity index (χ1v) is 16.8. The van der Waals surface area contributed by atoms with E-state index >= 15 is 0 Å². The van der Waals surface area contributed by atoms with Crippen LogP contribution in [0.25, 0.3) is 33.2 Å². The van der Waals surface area contributed by atoms with Crippen LogP contribution in [-0.2, 0) is 17.1 Å². The highest BCUT2D eigenvalue weighted by molar-refractivity contribution is 7.90. The number of aromatic nitrogens is 4. The number of hydrogen-bond acceptors (Lipinski definition) is 8. The molecule has 0 unspecified atom stereocenters. The molecule has 0 aliphatic rings. The highest BCUT2D eigenvalue weighted by Gasteiger charge is 2.24. The Hall–Kier alpha value is -4.87. The predicted molar refractivity (Wildman–Crippen MR) is 189 cm³/mol. The van der Waals surface area contributed by atoms with Crippen molar-refractivity contribution in [3.05, 3.63) is 90.8 Å². The van der Waals surface area contributed by atoms with E-state index in [0.717, 1.165) is 58.7 Å². The number of benzene rings is 3. The summed E-state index contributed by atoms with van der Waals surface area (Å²) in [5, 5.41) is 8.38. The molecule has 6 aromatic rings. The number of hydrogen-bond donors (Lipinski definition) is 2. The highest BCUT2D eigenvalue weighted by atomic mass is 32.2. The van der Waals surface area contributed by atoms with Gasteiger partial charge in [-0.1, -0.05) is 35.9 Å². The molecule has 2 N–H and O–H groups in total. The topological polar surface area (TPSA) is 100 Å². The van der Waals surface area contributed by atoms with Crippen LogP contribution in [0, 0.1) is 6.92 Å². The van der Waals surface area contributed by atoms with Crippen LogP contribution in [0.3, 0.4) is 0 Å². The molecule has 0 aliphatic carbocycles. The van der Waals surface area contributed by atoms with E-state index in [-0.39, 0.29) is 4.90 Å². The molecule has 3 aromatic carbocycles. The first-order chi connectivity index (χ1) is 22.1. The summed E-state index contributed by atoms with van der Waals surface area (Å²) in [5.41, 5.74) is 6.71. The first-order valence-electron chi connectivity index (χ1n) is 15.3. The van der Waals surface area contributed by atoms with E-state index in [2.05, 4.69) is 64.2 Å². The zero-order valence-electron chi connectivity index (χ0n) is 27.1. The quantitative estimate of drug-likeness (QED) is 0.171. The van der Waals surface area contributed by atoms with E-state index < -0.39 is 10.0 Å². The summed E-state index contributed by atoms with van der Waals surface area (Å²) in [6, 6.07) is 22.9. The van der Waals surface area contributed by atoms with Gasteiger partial charge in [-0.05, 0) is 70.4 Å². The fourth-order valence-corrected chi connectivity index (χ4v) is 7.08. The second-order valence-corrected chi connectivity index (χ2v) is 13.5. The second kappa shape index (κ2) is 12.5. The van der Waals surface area contributed by atoms with Gasteiger partial charge in [-0.2, -0.15) is 4.98 Å². The zero-order valence-corrected chi connectivity index (χ0v) is 27.9. The van der Waals surface area contributed by atoms with Crippen LogP contribution < -0.4 is 15.5 Å². The van der Waals surface area contributed by atoms with Crippen molar-refractivity contribution >= 4 is 55.0 Å². The third kappa shape index (κ3) is 5.79. The number of rotatable bonds is 11. The van der Waals surface area contributed by atoms with Crippen molar-refractivity contribution in [2.45, 2.75) is 18.7 Å². The molecule has 0 saturated carbocycles. The summed E-state index contributed by atoms with van der Waals surface area (Å²) in [7, 11) is 4.12. The number of aryl methyl sites for hydroxylation is 2. The van der Waals surface area contributed by atoms with Crippen LogP contribution in [0.5, 0.6) is 0 Å². The van der Waals surface area contributed by atoms with E-state index in [9.17, 15) is 8.42 Å². The Bertz CT molecular complexity index is 2130. The van der Waals surface area contributed by atoms with Gasteiger partial charge in [0.15, 0.2) is 5.65 Å². The van der Waals surface area contributed by atoms with Crippen molar-refractivity contribution in [2.75, 3.05) is 56.3 Å². The number of nitrogens with one attached hydrogen (secondary N) is 2. The summed E-state index contributed by atoms with van der Waals surface area (Å²) in [5.74, 6) is 0.296. The standard InChI is InChI=1S/C35H40N8O2S/c1-7-42(21-20-40(4)5)32-17-14-25(22-30(32)36-3)37-35-38-33(29-23-41(6)31-11-9-8-10-27(29)31)28-18-19-43(34(28)39-35)46(44,45)26-15-12-24(2)13-16-26/h8-19,22-23,36H,7,20-21H2,1-6H3,(H,37,38,39). The lowest BCUT2D eigenvalue weighted by atomic mass is 10.1. The van der Waals surface area contributed by atoms with Gasteiger partial charge in [-0.3, -0.25) is 0 Å². The zero-order chi connectivity index (χ0) is 32.6. The van der Waals surface area contributed by atoms with Gasteiger partial charge in [-0.25, -0.2) is 17.4 Å². The average Bonchev–Trinajstić information content (AvgIpc) is 3.63. The van der Waals surface area contributed by atoms with Gasteiger partial charge in [0.25, 0.3) is 10.0 Å². The van der Waals surface area contributed by atoms with E-state index in [0.29, 0.717) is 22.7 Å². The van der Waals surface area contributed by atoms with Gasteiger partial charge < -0.3 is 25.0 Å². The second-order valence-electron chi connectivity index (χ2n) is 11.7. The normalized spacial score (nSPS) is 11.9. The molecule has 0 spiro atoms. The molecule has 238 valence electrons. The third-order valence-electron chi connectivity index (χ3n) is 8.30. The molecule has 6 rings (SSSR count). The van der Waals surface area contributed by atoms with Crippen molar-refractivity contribution in [3.63, 3.8) is 0 Å². The predicted octanol–water partition coefficient (Wildman–Crippen LogP) is 6.31. The lowest BCUT2D eigenvalue weighted by Gasteiger charge is -2.27. The van der Waals surface area contributed by atoms with Gasteiger partial charge in [0.1, 0.15) is 0 Å². The molecule has 0 fully saturated rings. The molecular weight excluding hydrogens is 597 g/mol. The lowest BCUT2D eigenvalue weighted by molar-refractivity contribution is 0.414. The summed E-state index contributed by atoms with van der Waals surface area (Å²) in [4.78, 5) is 14.5. The number of nitrogens with zero attached hydrogens (tertiary/aromatic N) is 6. The summed E-state index contributed by atoms with van der Waals surface area (Å²) in [6.07, 6.45) is 3.59. The molecule has 11 heteroatoms. The van der Waals surface area contributed by atoms with Crippen molar-refractivity contribution in [2.24, 2.45) is 7.05 Å². The lowest BCUT2D eigenvalue weighted by Crippen LogP contribution is -2.32. The smallest absolute Gasteiger partial charge is 0.269 e.